The zero-order valence-electron chi connectivity index (χ0n) is 18.1. The minimum atomic E-state index is -1.34. The number of nitrogens with zero attached hydrogens (tertiary/aromatic N) is 1. The van der Waals surface area contributed by atoms with Crippen LogP contribution in [0.25, 0.3) is 0 Å². The predicted molar refractivity (Wildman–Crippen MR) is 111 cm³/mol. The van der Waals surface area contributed by atoms with Gasteiger partial charge in [0.1, 0.15) is 18.1 Å². The van der Waals surface area contributed by atoms with Crippen LogP contribution in [-0.4, -0.2) is 74.0 Å². The van der Waals surface area contributed by atoms with Crippen LogP contribution in [0.1, 0.15) is 39.3 Å². The maximum atomic E-state index is 12.7. The molecule has 32 heavy (non-hydrogen) atoms. The van der Waals surface area contributed by atoms with Gasteiger partial charge in [-0.3, -0.25) is 19.2 Å². The van der Waals surface area contributed by atoms with Crippen molar-refractivity contribution in [1.29, 1.82) is 0 Å². The molecule has 0 aliphatic heterocycles. The van der Waals surface area contributed by atoms with Gasteiger partial charge in [0.15, 0.2) is 0 Å². The Morgan fingerprint density at radius 1 is 1.00 bits per heavy atom. The first-order valence-corrected chi connectivity index (χ1v) is 9.99. The van der Waals surface area contributed by atoms with Gasteiger partial charge in [-0.2, -0.15) is 0 Å². The lowest BCUT2D eigenvalue weighted by molar-refractivity contribution is -0.142. The Bertz CT molecular complexity index is 811. The number of imidazole rings is 1. The summed E-state index contributed by atoms with van der Waals surface area (Å²) in [6, 6.07) is -4.75. The van der Waals surface area contributed by atoms with Gasteiger partial charge in [-0.05, 0) is 19.3 Å². The third kappa shape index (κ3) is 9.12. The van der Waals surface area contributed by atoms with Gasteiger partial charge in [-0.1, -0.05) is 13.8 Å². The molecule has 0 aliphatic rings. The van der Waals surface area contributed by atoms with E-state index in [4.69, 9.17) is 10.8 Å². The van der Waals surface area contributed by atoms with E-state index in [1.165, 1.54) is 19.4 Å². The quantitative estimate of drug-likeness (QED) is 0.181. The van der Waals surface area contributed by atoms with E-state index in [1.807, 2.05) is 13.8 Å². The van der Waals surface area contributed by atoms with Crippen molar-refractivity contribution in [3.05, 3.63) is 18.2 Å². The van der Waals surface area contributed by atoms with Crippen molar-refractivity contribution < 1.29 is 34.2 Å². The smallest absolute Gasteiger partial charge is 0.326 e. The molecule has 4 atom stereocenters. The Morgan fingerprint density at radius 3 is 2.12 bits per heavy atom. The number of nitrogens with two attached hydrogens (primary N) is 1. The van der Waals surface area contributed by atoms with Gasteiger partial charge in [0.2, 0.25) is 17.7 Å². The second-order valence-electron chi connectivity index (χ2n) is 7.81. The molecule has 0 spiro atoms. The van der Waals surface area contributed by atoms with Crippen molar-refractivity contribution in [2.45, 2.75) is 64.2 Å². The second-order valence-corrected chi connectivity index (χ2v) is 7.81. The predicted octanol–water partition coefficient (Wildman–Crippen LogP) is -1.64. The van der Waals surface area contributed by atoms with Crippen molar-refractivity contribution in [1.82, 2.24) is 25.9 Å². The first-order chi connectivity index (χ1) is 14.9. The number of rotatable bonds is 13. The van der Waals surface area contributed by atoms with E-state index < -0.39 is 60.2 Å². The van der Waals surface area contributed by atoms with Gasteiger partial charge in [0, 0.05) is 18.3 Å². The van der Waals surface area contributed by atoms with Crippen LogP contribution >= 0.6 is 0 Å². The number of aromatic amines is 1. The normalized spacial score (nSPS) is 14.7. The molecular formula is C19H30N6O7. The van der Waals surface area contributed by atoms with E-state index in [2.05, 4.69) is 25.9 Å². The van der Waals surface area contributed by atoms with Crippen LogP contribution < -0.4 is 21.7 Å². The number of hydrogen-bond acceptors (Lipinski definition) is 7. The fourth-order valence-corrected chi connectivity index (χ4v) is 2.76. The zero-order chi connectivity index (χ0) is 24.4. The average Bonchev–Trinajstić information content (AvgIpc) is 3.18. The summed E-state index contributed by atoms with van der Waals surface area (Å²) in [6.07, 6.45) is 2.40. The van der Waals surface area contributed by atoms with E-state index in [1.54, 1.807) is 0 Å². The summed E-state index contributed by atoms with van der Waals surface area (Å²) >= 11 is 0. The van der Waals surface area contributed by atoms with Gasteiger partial charge < -0.3 is 36.9 Å². The maximum Gasteiger partial charge on any atom is 0.326 e. The molecule has 3 amide bonds. The molecule has 0 aliphatic carbocycles. The Balaban J connectivity index is 2.79. The summed E-state index contributed by atoms with van der Waals surface area (Å²) in [7, 11) is 0. The van der Waals surface area contributed by atoms with E-state index in [-0.39, 0.29) is 18.8 Å². The van der Waals surface area contributed by atoms with E-state index in [0.717, 1.165) is 0 Å². The highest BCUT2D eigenvalue weighted by Crippen LogP contribution is 2.07. The molecule has 0 saturated carbocycles. The highest BCUT2D eigenvalue weighted by molar-refractivity contribution is 5.94. The van der Waals surface area contributed by atoms with Crippen LogP contribution in [-0.2, 0) is 30.4 Å². The molecule has 0 bridgehead atoms. The van der Waals surface area contributed by atoms with Gasteiger partial charge in [0.05, 0.1) is 18.8 Å². The van der Waals surface area contributed by atoms with Gasteiger partial charge in [0.25, 0.3) is 0 Å². The summed E-state index contributed by atoms with van der Waals surface area (Å²) in [5, 5.41) is 25.3. The number of amides is 3. The molecule has 1 heterocycles. The van der Waals surface area contributed by atoms with Crippen molar-refractivity contribution >= 4 is 29.7 Å². The van der Waals surface area contributed by atoms with Crippen LogP contribution in [0.5, 0.6) is 0 Å². The highest BCUT2D eigenvalue weighted by atomic mass is 16.4. The Hall–Kier alpha value is -3.48. The van der Waals surface area contributed by atoms with Crippen molar-refractivity contribution in [3.63, 3.8) is 0 Å². The molecule has 0 saturated heterocycles. The fourth-order valence-electron chi connectivity index (χ4n) is 2.76. The number of carboxylic acids is 2. The minimum Gasteiger partial charge on any atom is -0.481 e. The van der Waals surface area contributed by atoms with E-state index in [9.17, 15) is 29.1 Å². The third-order valence-electron chi connectivity index (χ3n) is 4.42. The lowest BCUT2D eigenvalue weighted by Gasteiger charge is -2.24. The largest absolute Gasteiger partial charge is 0.481 e. The third-order valence-corrected chi connectivity index (χ3v) is 4.42. The van der Waals surface area contributed by atoms with Gasteiger partial charge in [-0.15, -0.1) is 0 Å². The standard InChI is InChI=1S/C19H30N6O7/c1-9(2)4-13(18(30)25-14(19(31)32)5-11-7-21-8-22-11)24-16(28)10(3)23-17(29)12(20)6-15(26)27/h7-10,12-14H,4-6,20H2,1-3H3,(H,21,22)(H,23,29)(H,24,28)(H,25,30)(H,26,27)(H,31,32). The number of carbonyl (C=O) groups excluding carboxylic acids is 3. The summed E-state index contributed by atoms with van der Waals surface area (Å²) in [5.41, 5.74) is 5.98. The number of carbonyl (C=O) groups is 5. The van der Waals surface area contributed by atoms with Gasteiger partial charge in [-0.25, -0.2) is 9.78 Å². The van der Waals surface area contributed by atoms with Crippen molar-refractivity contribution in [2.75, 3.05) is 0 Å². The molecule has 8 N–H and O–H groups in total. The lowest BCUT2D eigenvalue weighted by Crippen LogP contribution is -2.57. The molecule has 1 aromatic heterocycles. The van der Waals surface area contributed by atoms with E-state index >= 15 is 0 Å². The molecule has 13 nitrogen and oxygen atoms in total. The first-order valence-electron chi connectivity index (χ1n) is 9.99. The Labute approximate surface area is 184 Å². The fraction of sp³-hybridized carbons (Fsp3) is 0.579. The highest BCUT2D eigenvalue weighted by Gasteiger charge is 2.29. The number of carboxylic acid groups (broad SMARTS) is 2. The first kappa shape index (κ1) is 26.6. The summed E-state index contributed by atoms with van der Waals surface area (Å²) < 4.78 is 0. The maximum absolute atomic E-state index is 12.7. The molecule has 4 unspecified atom stereocenters. The zero-order valence-corrected chi connectivity index (χ0v) is 18.1. The average molecular weight is 454 g/mol. The lowest BCUT2D eigenvalue weighted by atomic mass is 10.0. The molecule has 178 valence electrons. The van der Waals surface area contributed by atoms with E-state index in [0.29, 0.717) is 5.69 Å². The Morgan fingerprint density at radius 2 is 1.62 bits per heavy atom. The summed E-state index contributed by atoms with van der Waals surface area (Å²) in [5.74, 6) is -4.76. The SMILES string of the molecule is CC(C)CC(NC(=O)C(C)NC(=O)C(N)CC(=O)O)C(=O)NC(Cc1cnc[nH]1)C(=O)O. The Kier molecular flexibility index (Phi) is 10.3. The van der Waals surface area contributed by atoms with Gasteiger partial charge >= 0.3 is 11.9 Å². The molecule has 0 fully saturated rings. The number of aromatic nitrogens is 2. The van der Waals surface area contributed by atoms with Crippen LogP contribution in [0, 0.1) is 5.92 Å². The van der Waals surface area contributed by atoms with Crippen molar-refractivity contribution in [2.24, 2.45) is 11.7 Å². The minimum absolute atomic E-state index is 0.0178. The molecule has 1 aromatic rings. The number of nitrogens with one attached hydrogen (secondary N) is 4. The van der Waals surface area contributed by atoms with Crippen LogP contribution in [0.4, 0.5) is 0 Å². The van der Waals surface area contributed by atoms with Crippen LogP contribution in [0.3, 0.4) is 0 Å². The topological polar surface area (TPSA) is 217 Å². The number of H-pyrrole nitrogens is 1. The molecule has 1 rings (SSSR count). The number of aliphatic carboxylic acids is 2. The molecule has 0 radical (unpaired) electrons. The van der Waals surface area contributed by atoms with Crippen molar-refractivity contribution in [3.8, 4) is 0 Å². The second kappa shape index (κ2) is 12.4. The molecular weight excluding hydrogens is 424 g/mol. The summed E-state index contributed by atoms with van der Waals surface area (Å²) in [4.78, 5) is 66.0. The van der Waals surface area contributed by atoms with Crippen LogP contribution in [0.15, 0.2) is 12.5 Å². The molecule has 13 heteroatoms. The van der Waals surface area contributed by atoms with Crippen LogP contribution in [0.2, 0.25) is 0 Å². The molecule has 0 aromatic carbocycles. The number of hydrogen-bond donors (Lipinski definition) is 7. The summed E-state index contributed by atoms with van der Waals surface area (Å²) in [6.45, 7) is 4.99. The monoisotopic (exact) mass is 454 g/mol.